The lowest BCUT2D eigenvalue weighted by atomic mass is 10.3. The van der Waals surface area contributed by atoms with Gasteiger partial charge in [-0.1, -0.05) is 13.8 Å². The van der Waals surface area contributed by atoms with Crippen molar-refractivity contribution >= 4 is 23.1 Å². The minimum atomic E-state index is 0.603. The number of nitrogens with one attached hydrogen (secondary N) is 1. The molecular weight excluding hydrogens is 234 g/mol. The highest BCUT2D eigenvalue weighted by Gasteiger charge is 2.03. The minimum Gasteiger partial charge on any atom is -0.309 e. The number of thiophene rings is 1. The third-order valence-electron chi connectivity index (χ3n) is 2.24. The van der Waals surface area contributed by atoms with Gasteiger partial charge in [-0.15, -0.1) is 11.3 Å². The summed E-state index contributed by atoms with van der Waals surface area (Å²) in [7, 11) is 0. The van der Waals surface area contributed by atoms with E-state index in [0.717, 1.165) is 12.5 Å². The average molecular weight is 257 g/mol. The summed E-state index contributed by atoms with van der Waals surface area (Å²) in [5.74, 6) is 3.28. The van der Waals surface area contributed by atoms with Gasteiger partial charge in [-0.2, -0.15) is 11.8 Å². The number of rotatable bonds is 7. The Hall–Kier alpha value is 0.01000. The van der Waals surface area contributed by atoms with Crippen LogP contribution in [0.4, 0.5) is 0 Å². The zero-order valence-electron chi connectivity index (χ0n) is 10.7. The molecule has 1 atom stereocenters. The van der Waals surface area contributed by atoms with Crippen LogP contribution in [0.25, 0.3) is 0 Å². The van der Waals surface area contributed by atoms with Crippen molar-refractivity contribution in [2.75, 3.05) is 11.5 Å². The molecule has 1 N–H and O–H groups in total. The van der Waals surface area contributed by atoms with Crippen LogP contribution in [0.15, 0.2) is 12.1 Å². The first-order valence-electron chi connectivity index (χ1n) is 5.94. The Bertz CT molecular complexity index is 294. The van der Waals surface area contributed by atoms with Gasteiger partial charge in [0.05, 0.1) is 0 Å². The molecule has 1 nitrogen and oxygen atoms in total. The van der Waals surface area contributed by atoms with Crippen molar-refractivity contribution in [3.05, 3.63) is 21.9 Å². The molecule has 1 heterocycles. The molecule has 0 fully saturated rings. The molecule has 0 amide bonds. The zero-order chi connectivity index (χ0) is 12.0. The summed E-state index contributed by atoms with van der Waals surface area (Å²) in [5, 5.41) is 3.58. The molecule has 0 spiro atoms. The van der Waals surface area contributed by atoms with Gasteiger partial charge in [0.1, 0.15) is 0 Å². The highest BCUT2D eigenvalue weighted by atomic mass is 32.2. The van der Waals surface area contributed by atoms with Gasteiger partial charge in [0.25, 0.3) is 0 Å². The fraction of sp³-hybridized carbons (Fsp3) is 0.692. The van der Waals surface area contributed by atoms with E-state index in [0.29, 0.717) is 6.04 Å². The molecule has 0 bridgehead atoms. The topological polar surface area (TPSA) is 12.0 Å². The van der Waals surface area contributed by atoms with Crippen LogP contribution in [0.3, 0.4) is 0 Å². The SMILES string of the molecule is Cc1ccc(CNC(C)CSCC(C)C)s1. The lowest BCUT2D eigenvalue weighted by molar-refractivity contribution is 0.599. The van der Waals surface area contributed by atoms with Crippen LogP contribution in [0.5, 0.6) is 0 Å². The first-order chi connectivity index (χ1) is 7.58. The van der Waals surface area contributed by atoms with Gasteiger partial charge < -0.3 is 5.32 Å². The summed E-state index contributed by atoms with van der Waals surface area (Å²) in [5.41, 5.74) is 0. The Kier molecular flexibility index (Phi) is 6.47. The standard InChI is InChI=1S/C13H23NS2/c1-10(2)8-15-9-11(3)14-7-13-6-5-12(4)16-13/h5-6,10-11,14H,7-9H2,1-4H3. The number of hydrogen-bond acceptors (Lipinski definition) is 3. The molecule has 0 aromatic carbocycles. The van der Waals surface area contributed by atoms with E-state index in [1.165, 1.54) is 21.3 Å². The van der Waals surface area contributed by atoms with Crippen molar-refractivity contribution in [2.24, 2.45) is 5.92 Å². The minimum absolute atomic E-state index is 0.603. The maximum atomic E-state index is 3.58. The molecule has 0 saturated heterocycles. The molecule has 1 aromatic heterocycles. The quantitative estimate of drug-likeness (QED) is 0.794. The van der Waals surface area contributed by atoms with Crippen LogP contribution >= 0.6 is 23.1 Å². The summed E-state index contributed by atoms with van der Waals surface area (Å²) >= 11 is 3.94. The predicted molar refractivity (Wildman–Crippen MR) is 77.5 cm³/mol. The fourth-order valence-electron chi connectivity index (χ4n) is 1.39. The van der Waals surface area contributed by atoms with Crippen molar-refractivity contribution in [2.45, 2.75) is 40.3 Å². The maximum absolute atomic E-state index is 3.58. The molecule has 0 aliphatic heterocycles. The summed E-state index contributed by atoms with van der Waals surface area (Å²) < 4.78 is 0. The first kappa shape index (κ1) is 14.1. The van der Waals surface area contributed by atoms with Crippen LogP contribution in [0.2, 0.25) is 0 Å². The lowest BCUT2D eigenvalue weighted by Gasteiger charge is -2.13. The zero-order valence-corrected chi connectivity index (χ0v) is 12.4. The van der Waals surface area contributed by atoms with Crippen LogP contribution in [-0.2, 0) is 6.54 Å². The van der Waals surface area contributed by atoms with Crippen molar-refractivity contribution in [1.82, 2.24) is 5.32 Å². The van der Waals surface area contributed by atoms with E-state index in [9.17, 15) is 0 Å². The van der Waals surface area contributed by atoms with Crippen molar-refractivity contribution in [3.8, 4) is 0 Å². The van der Waals surface area contributed by atoms with E-state index in [1.807, 2.05) is 11.3 Å². The Balaban J connectivity index is 2.12. The highest BCUT2D eigenvalue weighted by molar-refractivity contribution is 7.99. The van der Waals surface area contributed by atoms with Gasteiger partial charge in [-0.05, 0) is 37.7 Å². The van der Waals surface area contributed by atoms with E-state index in [1.54, 1.807) is 0 Å². The van der Waals surface area contributed by atoms with E-state index in [2.05, 4.69) is 56.9 Å². The van der Waals surface area contributed by atoms with Gasteiger partial charge >= 0.3 is 0 Å². The molecule has 0 aliphatic carbocycles. The Labute approximate surface area is 108 Å². The largest absolute Gasteiger partial charge is 0.309 e. The predicted octanol–water partition coefficient (Wildman–Crippen LogP) is 3.92. The molecule has 3 heteroatoms. The molecule has 92 valence electrons. The van der Waals surface area contributed by atoms with Crippen LogP contribution in [-0.4, -0.2) is 17.5 Å². The Morgan fingerprint density at radius 1 is 1.25 bits per heavy atom. The second-order valence-electron chi connectivity index (χ2n) is 4.73. The Morgan fingerprint density at radius 2 is 2.00 bits per heavy atom. The average Bonchev–Trinajstić information content (AvgIpc) is 2.61. The maximum Gasteiger partial charge on any atom is 0.0302 e. The van der Waals surface area contributed by atoms with E-state index in [4.69, 9.17) is 0 Å². The molecule has 1 unspecified atom stereocenters. The van der Waals surface area contributed by atoms with Crippen LogP contribution in [0, 0.1) is 12.8 Å². The van der Waals surface area contributed by atoms with Crippen LogP contribution < -0.4 is 5.32 Å². The van der Waals surface area contributed by atoms with Crippen LogP contribution in [0.1, 0.15) is 30.5 Å². The molecule has 0 aliphatic rings. The second kappa shape index (κ2) is 7.36. The smallest absolute Gasteiger partial charge is 0.0302 e. The van der Waals surface area contributed by atoms with Crippen molar-refractivity contribution in [3.63, 3.8) is 0 Å². The van der Waals surface area contributed by atoms with Crippen molar-refractivity contribution in [1.29, 1.82) is 0 Å². The fourth-order valence-corrected chi connectivity index (χ4v) is 3.31. The third kappa shape index (κ3) is 5.92. The van der Waals surface area contributed by atoms with Gasteiger partial charge in [-0.25, -0.2) is 0 Å². The molecular formula is C13H23NS2. The summed E-state index contributed by atoms with van der Waals surface area (Å²) in [4.78, 5) is 2.84. The van der Waals surface area contributed by atoms with Crippen molar-refractivity contribution < 1.29 is 0 Å². The van der Waals surface area contributed by atoms with E-state index >= 15 is 0 Å². The van der Waals surface area contributed by atoms with Gasteiger partial charge in [-0.3, -0.25) is 0 Å². The van der Waals surface area contributed by atoms with Gasteiger partial charge in [0, 0.05) is 28.1 Å². The normalized spacial score (nSPS) is 13.3. The monoisotopic (exact) mass is 257 g/mol. The summed E-state index contributed by atoms with van der Waals surface area (Å²) in [6.45, 7) is 10.0. The van der Waals surface area contributed by atoms with E-state index < -0.39 is 0 Å². The number of hydrogen-bond donors (Lipinski definition) is 1. The molecule has 0 saturated carbocycles. The molecule has 1 rings (SSSR count). The molecule has 16 heavy (non-hydrogen) atoms. The number of aryl methyl sites for hydroxylation is 1. The lowest BCUT2D eigenvalue weighted by Crippen LogP contribution is -2.27. The molecule has 1 aromatic rings. The summed E-state index contributed by atoms with van der Waals surface area (Å²) in [6, 6.07) is 5.02. The Morgan fingerprint density at radius 3 is 2.56 bits per heavy atom. The van der Waals surface area contributed by atoms with Gasteiger partial charge in [0.2, 0.25) is 0 Å². The third-order valence-corrected chi connectivity index (χ3v) is 4.88. The van der Waals surface area contributed by atoms with Gasteiger partial charge in [0.15, 0.2) is 0 Å². The first-order valence-corrected chi connectivity index (χ1v) is 7.91. The van der Waals surface area contributed by atoms with E-state index in [-0.39, 0.29) is 0 Å². The highest BCUT2D eigenvalue weighted by Crippen LogP contribution is 2.15. The molecule has 0 radical (unpaired) electrons. The number of thioether (sulfide) groups is 1. The second-order valence-corrected chi connectivity index (χ2v) is 7.17. The summed E-state index contributed by atoms with van der Waals surface area (Å²) in [6.07, 6.45) is 0.